The third kappa shape index (κ3) is 4.16. The number of nitrogens with one attached hydrogen (secondary N) is 1. The van der Waals surface area contributed by atoms with Gasteiger partial charge in [-0.25, -0.2) is 0 Å². The van der Waals surface area contributed by atoms with Crippen molar-refractivity contribution in [2.45, 2.75) is 0 Å². The van der Waals surface area contributed by atoms with Crippen LogP contribution in [0.2, 0.25) is 0 Å². The van der Waals surface area contributed by atoms with Gasteiger partial charge in [-0.2, -0.15) is 0 Å². The quantitative estimate of drug-likeness (QED) is 0.374. The third-order valence-electron chi connectivity index (χ3n) is 4.49. The second kappa shape index (κ2) is 8.20. The molecule has 0 atom stereocenters. The molecule has 0 aromatic heterocycles. The van der Waals surface area contributed by atoms with E-state index in [-0.39, 0.29) is 0 Å². The minimum absolute atomic E-state index is 1.09. The number of para-hydroxylation sites is 2. The molecule has 0 radical (unpaired) electrons. The SMILES string of the molecule is C(=Cc1ccccc1-c1ccccc1Nc1ccccc1)c1ccccc1. The van der Waals surface area contributed by atoms with E-state index in [1.165, 1.54) is 22.3 Å². The fourth-order valence-electron chi connectivity index (χ4n) is 3.14. The molecule has 0 aliphatic carbocycles. The summed E-state index contributed by atoms with van der Waals surface area (Å²) in [5, 5.41) is 3.55. The maximum atomic E-state index is 3.55. The molecule has 0 aliphatic heterocycles. The van der Waals surface area contributed by atoms with Crippen molar-refractivity contribution >= 4 is 23.5 Å². The smallest absolute Gasteiger partial charge is 0.0464 e. The van der Waals surface area contributed by atoms with Crippen molar-refractivity contribution < 1.29 is 0 Å². The summed E-state index contributed by atoms with van der Waals surface area (Å²) in [5.74, 6) is 0. The van der Waals surface area contributed by atoms with Crippen molar-refractivity contribution in [1.29, 1.82) is 0 Å². The Bertz CT molecular complexity index is 1030. The van der Waals surface area contributed by atoms with Gasteiger partial charge in [-0.1, -0.05) is 103 Å². The standard InChI is InChI=1S/C26H21N/c1-3-11-21(12-4-1)19-20-22-13-7-8-16-24(22)25-17-9-10-18-26(25)27-23-14-5-2-6-15-23/h1-20,27H. The second-order valence-corrected chi connectivity index (χ2v) is 6.37. The minimum Gasteiger partial charge on any atom is -0.355 e. The summed E-state index contributed by atoms with van der Waals surface area (Å²) in [7, 11) is 0. The Balaban J connectivity index is 1.71. The summed E-state index contributed by atoms with van der Waals surface area (Å²) in [6, 6.07) is 37.6. The highest BCUT2D eigenvalue weighted by atomic mass is 14.9. The largest absolute Gasteiger partial charge is 0.355 e. The van der Waals surface area contributed by atoms with Crippen LogP contribution < -0.4 is 5.32 Å². The molecule has 0 unspecified atom stereocenters. The van der Waals surface area contributed by atoms with Crippen LogP contribution in [0, 0.1) is 0 Å². The van der Waals surface area contributed by atoms with E-state index in [0.29, 0.717) is 0 Å². The summed E-state index contributed by atoms with van der Waals surface area (Å²) < 4.78 is 0. The van der Waals surface area contributed by atoms with Crippen LogP contribution in [0.4, 0.5) is 11.4 Å². The van der Waals surface area contributed by atoms with Gasteiger partial charge in [0.05, 0.1) is 0 Å². The zero-order valence-electron chi connectivity index (χ0n) is 15.0. The van der Waals surface area contributed by atoms with Gasteiger partial charge in [0.2, 0.25) is 0 Å². The van der Waals surface area contributed by atoms with E-state index in [2.05, 4.69) is 102 Å². The Morgan fingerprint density at radius 2 is 1.07 bits per heavy atom. The van der Waals surface area contributed by atoms with Gasteiger partial charge in [-0.15, -0.1) is 0 Å². The first kappa shape index (κ1) is 16.9. The van der Waals surface area contributed by atoms with Crippen LogP contribution in [0.25, 0.3) is 23.3 Å². The van der Waals surface area contributed by atoms with Gasteiger partial charge in [0.1, 0.15) is 0 Å². The van der Waals surface area contributed by atoms with E-state index in [9.17, 15) is 0 Å². The first-order chi connectivity index (χ1) is 13.4. The second-order valence-electron chi connectivity index (χ2n) is 6.37. The van der Waals surface area contributed by atoms with Gasteiger partial charge in [0.15, 0.2) is 0 Å². The monoisotopic (exact) mass is 347 g/mol. The van der Waals surface area contributed by atoms with Crippen LogP contribution in [0.15, 0.2) is 109 Å². The summed E-state index contributed by atoms with van der Waals surface area (Å²) >= 11 is 0. The van der Waals surface area contributed by atoms with Crippen molar-refractivity contribution in [2.24, 2.45) is 0 Å². The van der Waals surface area contributed by atoms with Crippen LogP contribution in [0.5, 0.6) is 0 Å². The fraction of sp³-hybridized carbons (Fsp3) is 0. The average molecular weight is 347 g/mol. The number of rotatable bonds is 5. The Morgan fingerprint density at radius 1 is 0.481 bits per heavy atom. The molecule has 130 valence electrons. The normalized spacial score (nSPS) is 10.8. The highest BCUT2D eigenvalue weighted by molar-refractivity contribution is 5.87. The Hall–Kier alpha value is -3.58. The van der Waals surface area contributed by atoms with Gasteiger partial charge < -0.3 is 5.32 Å². The molecule has 0 heterocycles. The molecule has 1 nitrogen and oxygen atoms in total. The molecule has 0 saturated carbocycles. The Kier molecular flexibility index (Phi) is 5.12. The van der Waals surface area contributed by atoms with Crippen LogP contribution in [-0.4, -0.2) is 0 Å². The van der Waals surface area contributed by atoms with E-state index in [0.717, 1.165) is 11.4 Å². The first-order valence-electron chi connectivity index (χ1n) is 9.14. The van der Waals surface area contributed by atoms with Crippen molar-refractivity contribution in [3.63, 3.8) is 0 Å². The van der Waals surface area contributed by atoms with Crippen LogP contribution >= 0.6 is 0 Å². The summed E-state index contributed by atoms with van der Waals surface area (Å²) in [5.41, 5.74) is 6.98. The lowest BCUT2D eigenvalue weighted by Crippen LogP contribution is -1.94. The molecule has 27 heavy (non-hydrogen) atoms. The lowest BCUT2D eigenvalue weighted by atomic mass is 9.97. The first-order valence-corrected chi connectivity index (χ1v) is 9.14. The zero-order chi connectivity index (χ0) is 18.3. The molecule has 0 spiro atoms. The topological polar surface area (TPSA) is 12.0 Å². The van der Waals surface area contributed by atoms with Gasteiger partial charge in [0, 0.05) is 16.9 Å². The number of benzene rings is 4. The summed E-state index contributed by atoms with van der Waals surface area (Å²) in [6.45, 7) is 0. The summed E-state index contributed by atoms with van der Waals surface area (Å²) in [4.78, 5) is 0. The summed E-state index contributed by atoms with van der Waals surface area (Å²) in [6.07, 6.45) is 4.34. The number of hydrogen-bond acceptors (Lipinski definition) is 1. The molecular weight excluding hydrogens is 326 g/mol. The molecule has 0 saturated heterocycles. The van der Waals surface area contributed by atoms with Crippen LogP contribution in [0.1, 0.15) is 11.1 Å². The van der Waals surface area contributed by atoms with Crippen molar-refractivity contribution in [3.05, 3.63) is 120 Å². The van der Waals surface area contributed by atoms with E-state index in [4.69, 9.17) is 0 Å². The molecule has 0 fully saturated rings. The number of hydrogen-bond donors (Lipinski definition) is 1. The van der Waals surface area contributed by atoms with Crippen molar-refractivity contribution in [3.8, 4) is 11.1 Å². The predicted octanol–water partition coefficient (Wildman–Crippen LogP) is 7.27. The van der Waals surface area contributed by atoms with Crippen LogP contribution in [-0.2, 0) is 0 Å². The molecule has 1 N–H and O–H groups in total. The average Bonchev–Trinajstić information content (AvgIpc) is 2.74. The molecule has 0 bridgehead atoms. The Labute approximate surface area is 160 Å². The van der Waals surface area contributed by atoms with Crippen LogP contribution in [0.3, 0.4) is 0 Å². The van der Waals surface area contributed by atoms with Gasteiger partial charge >= 0.3 is 0 Å². The van der Waals surface area contributed by atoms with Gasteiger partial charge in [0.25, 0.3) is 0 Å². The third-order valence-corrected chi connectivity index (χ3v) is 4.49. The molecule has 0 aliphatic rings. The molecule has 4 rings (SSSR count). The maximum absolute atomic E-state index is 3.55. The lowest BCUT2D eigenvalue weighted by molar-refractivity contribution is 1.52. The maximum Gasteiger partial charge on any atom is 0.0464 e. The molecule has 4 aromatic carbocycles. The van der Waals surface area contributed by atoms with Gasteiger partial charge in [-0.3, -0.25) is 0 Å². The Morgan fingerprint density at radius 3 is 1.85 bits per heavy atom. The van der Waals surface area contributed by atoms with Gasteiger partial charge in [-0.05, 0) is 34.9 Å². The predicted molar refractivity (Wildman–Crippen MR) is 117 cm³/mol. The highest BCUT2D eigenvalue weighted by Gasteiger charge is 2.08. The molecule has 0 amide bonds. The molecule has 1 heteroatoms. The lowest BCUT2D eigenvalue weighted by Gasteiger charge is -2.14. The zero-order valence-corrected chi connectivity index (χ0v) is 15.0. The fourth-order valence-corrected chi connectivity index (χ4v) is 3.14. The van der Waals surface area contributed by atoms with E-state index in [1.54, 1.807) is 0 Å². The number of anilines is 2. The van der Waals surface area contributed by atoms with E-state index in [1.807, 2.05) is 24.3 Å². The van der Waals surface area contributed by atoms with Crippen molar-refractivity contribution in [1.82, 2.24) is 0 Å². The highest BCUT2D eigenvalue weighted by Crippen LogP contribution is 2.33. The minimum atomic E-state index is 1.09. The molecule has 4 aromatic rings. The van der Waals surface area contributed by atoms with Crippen molar-refractivity contribution in [2.75, 3.05) is 5.32 Å². The van der Waals surface area contributed by atoms with E-state index >= 15 is 0 Å². The van der Waals surface area contributed by atoms with E-state index < -0.39 is 0 Å². The molecular formula is C26H21N.